The minimum atomic E-state index is -3.74. The summed E-state index contributed by atoms with van der Waals surface area (Å²) in [6, 6.07) is 11.7. The van der Waals surface area contributed by atoms with Gasteiger partial charge in [0.2, 0.25) is 15.9 Å². The van der Waals surface area contributed by atoms with Crippen LogP contribution in [-0.4, -0.2) is 44.3 Å². The number of anilines is 1. The van der Waals surface area contributed by atoms with E-state index >= 15 is 0 Å². The van der Waals surface area contributed by atoms with Crippen molar-refractivity contribution in [1.29, 1.82) is 0 Å². The lowest BCUT2D eigenvalue weighted by atomic mass is 10.2. The number of rotatable bonds is 11. The zero-order valence-electron chi connectivity index (χ0n) is 18.9. The molecule has 1 N–H and O–H groups in total. The minimum Gasteiger partial charge on any atom is -0.466 e. The molecule has 0 unspecified atom stereocenters. The molecule has 0 radical (unpaired) electrons. The van der Waals surface area contributed by atoms with Gasteiger partial charge in [-0.1, -0.05) is 31.5 Å². The molecule has 174 valence electrons. The highest BCUT2D eigenvalue weighted by molar-refractivity contribution is 7.89. The Morgan fingerprint density at radius 2 is 1.62 bits per heavy atom. The van der Waals surface area contributed by atoms with E-state index in [1.807, 2.05) is 19.1 Å². The number of nitrogens with one attached hydrogen (secondary N) is 1. The molecule has 0 saturated carbocycles. The second-order valence-corrected chi connectivity index (χ2v) is 8.95. The second kappa shape index (κ2) is 11.6. The van der Waals surface area contributed by atoms with Crippen LogP contribution in [0.25, 0.3) is 0 Å². The zero-order chi connectivity index (χ0) is 23.7. The zero-order valence-corrected chi connectivity index (χ0v) is 19.7. The van der Waals surface area contributed by atoms with Gasteiger partial charge in [-0.25, -0.2) is 8.42 Å². The lowest BCUT2D eigenvalue weighted by Gasteiger charge is -2.20. The van der Waals surface area contributed by atoms with E-state index in [4.69, 9.17) is 9.47 Å². The fourth-order valence-electron chi connectivity index (χ4n) is 2.96. The summed E-state index contributed by atoms with van der Waals surface area (Å²) in [5, 5.41) is 2.67. The molecule has 0 aliphatic carbocycles. The molecule has 2 aromatic carbocycles. The van der Waals surface area contributed by atoms with Gasteiger partial charge in [0.05, 0.1) is 23.6 Å². The Kier molecular flexibility index (Phi) is 9.22. The Hall–Kier alpha value is -2.91. The van der Waals surface area contributed by atoms with E-state index in [9.17, 15) is 18.0 Å². The van der Waals surface area contributed by atoms with Gasteiger partial charge in [0.15, 0.2) is 5.75 Å². The number of sulfonamides is 1. The monoisotopic (exact) mass is 462 g/mol. The Labute approximate surface area is 189 Å². The Balaban J connectivity index is 2.35. The molecule has 0 aliphatic heterocycles. The van der Waals surface area contributed by atoms with Gasteiger partial charge in [-0.15, -0.1) is 0 Å². The van der Waals surface area contributed by atoms with Gasteiger partial charge in [0, 0.05) is 19.5 Å². The topological polar surface area (TPSA) is 102 Å². The third-order valence-electron chi connectivity index (χ3n) is 4.68. The number of amides is 1. The van der Waals surface area contributed by atoms with Crippen molar-refractivity contribution >= 4 is 27.6 Å². The molecule has 0 bridgehead atoms. The molecule has 0 saturated heterocycles. The van der Waals surface area contributed by atoms with Gasteiger partial charge < -0.3 is 14.8 Å². The number of hydrogen-bond acceptors (Lipinski definition) is 6. The van der Waals surface area contributed by atoms with Crippen molar-refractivity contribution in [3.05, 3.63) is 48.0 Å². The highest BCUT2D eigenvalue weighted by Crippen LogP contribution is 2.33. The summed E-state index contributed by atoms with van der Waals surface area (Å²) >= 11 is 0. The molecule has 0 fully saturated rings. The lowest BCUT2D eigenvalue weighted by Crippen LogP contribution is -2.30. The lowest BCUT2D eigenvalue weighted by molar-refractivity contribution is -0.144. The molecule has 2 aromatic rings. The molecule has 0 aliphatic rings. The molecule has 0 aromatic heterocycles. The molecule has 1 amide bonds. The molecule has 0 spiro atoms. The van der Waals surface area contributed by atoms with E-state index in [0.717, 1.165) is 5.56 Å². The van der Waals surface area contributed by atoms with Crippen molar-refractivity contribution in [3.8, 4) is 11.5 Å². The fourth-order valence-corrected chi connectivity index (χ4v) is 4.45. The first-order chi connectivity index (χ1) is 15.2. The van der Waals surface area contributed by atoms with Crippen LogP contribution < -0.4 is 10.1 Å². The molecule has 8 nitrogen and oxygen atoms in total. The number of hydrogen-bond donors (Lipinski definition) is 1. The van der Waals surface area contributed by atoms with E-state index in [2.05, 4.69) is 5.32 Å². The fraction of sp³-hybridized carbons (Fsp3) is 0.391. The number of aryl methyl sites for hydroxylation is 1. The first-order valence-corrected chi connectivity index (χ1v) is 12.0. The van der Waals surface area contributed by atoms with E-state index in [1.54, 1.807) is 32.9 Å². The van der Waals surface area contributed by atoms with Gasteiger partial charge in [-0.3, -0.25) is 9.59 Å². The largest absolute Gasteiger partial charge is 0.466 e. The summed E-state index contributed by atoms with van der Waals surface area (Å²) in [5.74, 6) is -0.102. The van der Waals surface area contributed by atoms with Crippen LogP contribution in [0.3, 0.4) is 0 Å². The predicted molar refractivity (Wildman–Crippen MR) is 122 cm³/mol. The van der Waals surface area contributed by atoms with Gasteiger partial charge >= 0.3 is 5.97 Å². The van der Waals surface area contributed by atoms with Crippen molar-refractivity contribution in [3.63, 3.8) is 0 Å². The molecule has 2 rings (SSSR count). The van der Waals surface area contributed by atoms with Crippen molar-refractivity contribution < 1.29 is 27.5 Å². The number of ether oxygens (including phenoxy) is 2. The van der Waals surface area contributed by atoms with Crippen molar-refractivity contribution in [1.82, 2.24) is 4.31 Å². The van der Waals surface area contributed by atoms with Crippen LogP contribution >= 0.6 is 0 Å². The highest BCUT2D eigenvalue weighted by Gasteiger charge is 2.23. The van der Waals surface area contributed by atoms with Crippen molar-refractivity contribution in [2.24, 2.45) is 0 Å². The average Bonchev–Trinajstić information content (AvgIpc) is 2.76. The van der Waals surface area contributed by atoms with E-state index < -0.39 is 21.9 Å². The van der Waals surface area contributed by atoms with Gasteiger partial charge in [0.1, 0.15) is 5.75 Å². The van der Waals surface area contributed by atoms with Gasteiger partial charge in [-0.05, 0) is 44.2 Å². The minimum absolute atomic E-state index is 0.0400. The van der Waals surface area contributed by atoms with Crippen molar-refractivity contribution in [2.45, 2.75) is 45.4 Å². The van der Waals surface area contributed by atoms with E-state index in [1.165, 1.54) is 22.5 Å². The maximum absolute atomic E-state index is 12.9. The first kappa shape index (κ1) is 25.4. The van der Waals surface area contributed by atoms with Crippen LogP contribution in [0, 0.1) is 6.92 Å². The SMILES string of the molecule is CCOC(=O)CCC(=O)Nc1cc(S(=O)(=O)N(CC)CC)ccc1Oc1ccc(C)cc1. The number of nitrogens with zero attached hydrogens (tertiary/aromatic N) is 1. The first-order valence-electron chi connectivity index (χ1n) is 10.5. The molecule has 9 heteroatoms. The summed E-state index contributed by atoms with van der Waals surface area (Å²) in [7, 11) is -3.74. The third-order valence-corrected chi connectivity index (χ3v) is 6.72. The van der Waals surface area contributed by atoms with E-state index in [0.29, 0.717) is 18.8 Å². The maximum Gasteiger partial charge on any atom is 0.306 e. The van der Waals surface area contributed by atoms with Crippen LogP contribution in [0.5, 0.6) is 11.5 Å². The maximum atomic E-state index is 12.9. The third kappa shape index (κ3) is 6.80. The number of carbonyl (C=O) groups excluding carboxylic acids is 2. The van der Waals surface area contributed by atoms with Crippen LogP contribution in [0.15, 0.2) is 47.4 Å². The molecular formula is C23H30N2O6S. The molecule has 0 heterocycles. The van der Waals surface area contributed by atoms with Crippen LogP contribution in [0.2, 0.25) is 0 Å². The quantitative estimate of drug-likeness (QED) is 0.505. The normalized spacial score (nSPS) is 11.3. The summed E-state index contributed by atoms with van der Waals surface area (Å²) < 4.78 is 37.9. The number of carbonyl (C=O) groups is 2. The molecular weight excluding hydrogens is 432 g/mol. The summed E-state index contributed by atoms with van der Waals surface area (Å²) in [4.78, 5) is 24.0. The second-order valence-electron chi connectivity index (χ2n) is 7.02. The summed E-state index contributed by atoms with van der Waals surface area (Å²) in [6.07, 6.45) is -0.179. The van der Waals surface area contributed by atoms with Crippen LogP contribution in [-0.2, 0) is 24.3 Å². The summed E-state index contributed by atoms with van der Waals surface area (Å²) in [5.41, 5.74) is 1.26. The van der Waals surface area contributed by atoms with Crippen LogP contribution in [0.4, 0.5) is 5.69 Å². The Bertz CT molecular complexity index is 1030. The average molecular weight is 463 g/mol. The highest BCUT2D eigenvalue weighted by atomic mass is 32.2. The standard InChI is InChI=1S/C23H30N2O6S/c1-5-25(6-2)32(28,29)19-12-13-21(31-18-10-8-17(4)9-11-18)20(16-19)24-22(26)14-15-23(27)30-7-3/h8-13,16H,5-7,14-15H2,1-4H3,(H,24,26). The van der Waals surface area contributed by atoms with Crippen molar-refractivity contribution in [2.75, 3.05) is 25.0 Å². The van der Waals surface area contributed by atoms with Gasteiger partial charge in [0.25, 0.3) is 0 Å². The summed E-state index contributed by atoms with van der Waals surface area (Å²) in [6.45, 7) is 8.03. The smallest absolute Gasteiger partial charge is 0.306 e. The number of benzene rings is 2. The number of esters is 1. The van der Waals surface area contributed by atoms with Crippen LogP contribution in [0.1, 0.15) is 39.2 Å². The van der Waals surface area contributed by atoms with Gasteiger partial charge in [-0.2, -0.15) is 4.31 Å². The van der Waals surface area contributed by atoms with E-state index in [-0.39, 0.29) is 35.8 Å². The molecule has 0 atom stereocenters. The Morgan fingerprint density at radius 1 is 0.969 bits per heavy atom. The predicted octanol–water partition coefficient (Wildman–Crippen LogP) is 4.10. The molecule has 32 heavy (non-hydrogen) atoms. The Morgan fingerprint density at radius 3 is 2.22 bits per heavy atom.